The predicted molar refractivity (Wildman–Crippen MR) is 146 cm³/mol. The van der Waals surface area contributed by atoms with Crippen molar-refractivity contribution in [2.24, 2.45) is 0 Å². The van der Waals surface area contributed by atoms with Gasteiger partial charge in [-0.25, -0.2) is 9.97 Å². The Morgan fingerprint density at radius 3 is 2.07 bits per heavy atom. The summed E-state index contributed by atoms with van der Waals surface area (Å²) < 4.78 is 37.7. The number of carbonyl (C=O) groups excluding carboxylic acids is 1. The predicted octanol–water partition coefficient (Wildman–Crippen LogP) is 4.41. The van der Waals surface area contributed by atoms with Gasteiger partial charge in [0.2, 0.25) is 0 Å². The van der Waals surface area contributed by atoms with Crippen molar-refractivity contribution >= 4 is 17.0 Å². The lowest BCUT2D eigenvalue weighted by Gasteiger charge is -2.13. The molecule has 0 aliphatic carbocycles. The van der Waals surface area contributed by atoms with Gasteiger partial charge in [0.25, 0.3) is 0 Å². The van der Waals surface area contributed by atoms with E-state index in [1.54, 1.807) is 0 Å². The number of aryl methyl sites for hydroxylation is 1. The Morgan fingerprint density at radius 1 is 0.805 bits per heavy atom. The van der Waals surface area contributed by atoms with E-state index in [-0.39, 0.29) is 0 Å². The number of hydrogen-bond donors (Lipinski definition) is 1. The molecule has 0 aliphatic heterocycles. The maximum Gasteiger partial charge on any atom is 0.430 e. The number of carbonyl (C=O) groups is 1. The standard InChI is InChI=1S/C29H26N4O.C2HF3O2/c30-20-22-11-13-24(14-12-22)27-28(23-7-2-1-3-8-23)33-29-25(32-27)9-4-10-26(29)34-19-5-6-21-15-17-31-18-16-21;3-2(4,5)1(6)7/h1-4,7-18H,5-6,19-20,30H2;(H,6,7). The monoisotopic (exact) mass is 560 g/mol. The van der Waals surface area contributed by atoms with E-state index in [0.29, 0.717) is 6.61 Å². The SMILES string of the molecule is O=C([O-])C(F)(F)F.[NH3+]Cc1ccc(-c2nc3cccc(OCCCc4ccncc4)c3nc2-c2ccccc2)cc1. The van der Waals surface area contributed by atoms with E-state index in [2.05, 4.69) is 47.1 Å². The van der Waals surface area contributed by atoms with E-state index in [1.165, 1.54) is 11.1 Å². The van der Waals surface area contributed by atoms with Crippen molar-refractivity contribution in [1.29, 1.82) is 0 Å². The number of quaternary nitrogens is 1. The van der Waals surface area contributed by atoms with Crippen LogP contribution in [0.15, 0.2) is 97.3 Å². The molecule has 2 heterocycles. The quantitative estimate of drug-likeness (QED) is 0.281. The highest BCUT2D eigenvalue weighted by Crippen LogP contribution is 2.33. The van der Waals surface area contributed by atoms with Crippen LogP contribution >= 0.6 is 0 Å². The van der Waals surface area contributed by atoms with Crippen molar-refractivity contribution in [3.63, 3.8) is 0 Å². The van der Waals surface area contributed by atoms with Gasteiger partial charge in [0.1, 0.15) is 17.2 Å². The minimum absolute atomic E-state index is 0.609. The molecule has 3 N–H and O–H groups in total. The van der Waals surface area contributed by atoms with Crippen LogP contribution in [0.2, 0.25) is 0 Å². The van der Waals surface area contributed by atoms with Crippen LogP contribution in [0.3, 0.4) is 0 Å². The Bertz CT molecular complexity index is 1580. The Labute approximate surface area is 234 Å². The number of carboxylic acids is 1. The molecular weight excluding hydrogens is 533 g/mol. The van der Waals surface area contributed by atoms with E-state index in [1.807, 2.05) is 60.9 Å². The van der Waals surface area contributed by atoms with Crippen molar-refractivity contribution in [1.82, 2.24) is 15.0 Å². The second-order valence-corrected chi connectivity index (χ2v) is 8.95. The van der Waals surface area contributed by atoms with Gasteiger partial charge in [-0.15, -0.1) is 0 Å². The molecule has 5 rings (SSSR count). The molecule has 10 heteroatoms. The van der Waals surface area contributed by atoms with Crippen molar-refractivity contribution in [3.8, 4) is 28.3 Å². The van der Waals surface area contributed by atoms with Crippen LogP contribution in [0.25, 0.3) is 33.5 Å². The molecule has 0 aliphatic rings. The highest BCUT2D eigenvalue weighted by Gasteiger charge is 2.28. The van der Waals surface area contributed by atoms with Gasteiger partial charge >= 0.3 is 6.18 Å². The largest absolute Gasteiger partial charge is 0.542 e. The first-order chi connectivity index (χ1) is 19.8. The zero-order valence-electron chi connectivity index (χ0n) is 22.0. The number of nitrogens with zero attached hydrogens (tertiary/aromatic N) is 3. The molecule has 0 saturated heterocycles. The number of carboxylic acid groups (broad SMARTS) is 1. The van der Waals surface area contributed by atoms with Crippen LogP contribution < -0.4 is 15.6 Å². The average molecular weight is 561 g/mol. The van der Waals surface area contributed by atoms with E-state index in [9.17, 15) is 13.2 Å². The zero-order chi connectivity index (χ0) is 29.2. The van der Waals surface area contributed by atoms with E-state index >= 15 is 0 Å². The number of hydrogen-bond acceptors (Lipinski definition) is 6. The molecule has 7 nitrogen and oxygen atoms in total. The first-order valence-corrected chi connectivity index (χ1v) is 12.8. The molecule has 0 unspecified atom stereocenters. The molecule has 0 spiro atoms. The first kappa shape index (κ1) is 29.2. The first-order valence-electron chi connectivity index (χ1n) is 12.8. The fraction of sp³-hybridized carbons (Fsp3) is 0.161. The third-order valence-corrected chi connectivity index (χ3v) is 6.07. The van der Waals surface area contributed by atoms with Gasteiger partial charge in [0.15, 0.2) is 0 Å². The maximum atomic E-state index is 10.5. The molecule has 41 heavy (non-hydrogen) atoms. The molecule has 210 valence electrons. The molecular formula is C31H27F3N4O3. The Hall–Kier alpha value is -4.83. The second kappa shape index (κ2) is 13.5. The number of alkyl halides is 3. The summed E-state index contributed by atoms with van der Waals surface area (Å²) in [7, 11) is 0. The van der Waals surface area contributed by atoms with Gasteiger partial charge in [-0.3, -0.25) is 4.98 Å². The number of benzene rings is 3. The van der Waals surface area contributed by atoms with Gasteiger partial charge in [-0.05, 0) is 42.7 Å². The number of fused-ring (bicyclic) bond motifs is 1. The van der Waals surface area contributed by atoms with Gasteiger partial charge < -0.3 is 20.4 Å². The summed E-state index contributed by atoms with van der Waals surface area (Å²) in [6.07, 6.45) is 0.315. The lowest BCUT2D eigenvalue weighted by atomic mass is 10.0. The molecule has 5 aromatic rings. The smallest absolute Gasteiger partial charge is 0.430 e. The van der Waals surface area contributed by atoms with E-state index < -0.39 is 12.1 Å². The highest BCUT2D eigenvalue weighted by molar-refractivity contribution is 5.89. The molecule has 2 aromatic heterocycles. The van der Waals surface area contributed by atoms with Crippen molar-refractivity contribution in [2.45, 2.75) is 25.6 Å². The lowest BCUT2D eigenvalue weighted by Crippen LogP contribution is -2.47. The van der Waals surface area contributed by atoms with Crippen LogP contribution in [0.1, 0.15) is 17.5 Å². The van der Waals surface area contributed by atoms with Gasteiger partial charge in [-0.2, -0.15) is 13.2 Å². The number of para-hydroxylation sites is 1. The van der Waals surface area contributed by atoms with Crippen molar-refractivity contribution < 1.29 is 33.5 Å². The molecule has 0 amide bonds. The molecule has 0 fully saturated rings. The third kappa shape index (κ3) is 7.86. The number of halogens is 3. The summed E-state index contributed by atoms with van der Waals surface area (Å²) in [6.45, 7) is 1.37. The van der Waals surface area contributed by atoms with Crippen LogP contribution in [-0.2, 0) is 17.8 Å². The number of ether oxygens (including phenoxy) is 1. The molecule has 0 saturated carbocycles. The minimum atomic E-state index is -5.19. The van der Waals surface area contributed by atoms with Gasteiger partial charge in [-0.1, -0.05) is 60.7 Å². The van der Waals surface area contributed by atoms with Crippen LogP contribution in [0.5, 0.6) is 5.75 Å². The Morgan fingerprint density at radius 2 is 1.44 bits per heavy atom. The van der Waals surface area contributed by atoms with Crippen molar-refractivity contribution in [2.75, 3.05) is 6.61 Å². The Balaban J connectivity index is 0.000000493. The van der Waals surface area contributed by atoms with Crippen LogP contribution in [-0.4, -0.2) is 33.7 Å². The maximum absolute atomic E-state index is 10.5. The summed E-state index contributed by atoms with van der Waals surface area (Å²) in [5, 5.41) is 8.78. The number of aromatic nitrogens is 3. The van der Waals surface area contributed by atoms with E-state index in [0.717, 1.165) is 58.7 Å². The molecule has 0 bridgehead atoms. The number of rotatable bonds is 8. The fourth-order valence-electron chi connectivity index (χ4n) is 4.00. The second-order valence-electron chi connectivity index (χ2n) is 8.95. The summed E-state index contributed by atoms with van der Waals surface area (Å²) >= 11 is 0. The molecule has 0 radical (unpaired) electrons. The summed E-state index contributed by atoms with van der Waals surface area (Å²) in [5.41, 5.74) is 11.8. The van der Waals surface area contributed by atoms with Crippen molar-refractivity contribution in [3.05, 3.63) is 108 Å². The van der Waals surface area contributed by atoms with Crippen LogP contribution in [0, 0.1) is 0 Å². The average Bonchev–Trinajstić information content (AvgIpc) is 2.99. The number of pyridine rings is 1. The molecule has 0 atom stereocenters. The zero-order valence-corrected chi connectivity index (χ0v) is 22.0. The third-order valence-electron chi connectivity index (χ3n) is 6.07. The summed E-state index contributed by atoms with van der Waals surface area (Å²) in [5.74, 6) is -2.25. The summed E-state index contributed by atoms with van der Waals surface area (Å²) in [4.78, 5) is 23.0. The Kier molecular flexibility index (Phi) is 9.60. The topological polar surface area (TPSA) is 116 Å². The minimum Gasteiger partial charge on any atom is -0.542 e. The summed E-state index contributed by atoms with van der Waals surface area (Å²) in [6, 6.07) is 28.6. The number of aliphatic carboxylic acids is 1. The fourth-order valence-corrected chi connectivity index (χ4v) is 4.00. The van der Waals surface area contributed by atoms with Gasteiger partial charge in [0.05, 0.1) is 30.1 Å². The lowest BCUT2D eigenvalue weighted by molar-refractivity contribution is -0.386. The van der Waals surface area contributed by atoms with Gasteiger partial charge in [0, 0.05) is 29.1 Å². The molecule has 3 aromatic carbocycles. The van der Waals surface area contributed by atoms with E-state index in [4.69, 9.17) is 24.6 Å². The normalized spacial score (nSPS) is 11.0. The van der Waals surface area contributed by atoms with Crippen LogP contribution in [0.4, 0.5) is 13.2 Å². The highest BCUT2D eigenvalue weighted by atomic mass is 19.4.